The number of piperidine rings is 1. The smallest absolute Gasteiger partial charge is 0.274 e. The molecule has 1 saturated heterocycles. The van der Waals surface area contributed by atoms with Gasteiger partial charge in [0, 0.05) is 50.2 Å². The first-order valence-corrected chi connectivity index (χ1v) is 9.48. The van der Waals surface area contributed by atoms with E-state index in [9.17, 15) is 4.79 Å². The molecule has 136 valence electrons. The molecule has 1 fully saturated rings. The predicted molar refractivity (Wildman–Crippen MR) is 97.7 cm³/mol. The molecule has 3 heterocycles. The maximum absolute atomic E-state index is 12.7. The van der Waals surface area contributed by atoms with Gasteiger partial charge in [-0.1, -0.05) is 13.3 Å². The maximum atomic E-state index is 12.7. The lowest BCUT2D eigenvalue weighted by Gasteiger charge is -2.31. The fraction of sp³-hybridized carbons (Fsp3) is 0.632. The molecule has 1 amide bonds. The Kier molecular flexibility index (Phi) is 5.56. The molecule has 1 aliphatic rings. The summed E-state index contributed by atoms with van der Waals surface area (Å²) in [6.45, 7) is 9.64. The Bertz CT molecular complexity index is 709. The van der Waals surface area contributed by atoms with Gasteiger partial charge >= 0.3 is 0 Å². The van der Waals surface area contributed by atoms with Crippen molar-refractivity contribution in [3.63, 3.8) is 0 Å². The molecule has 6 nitrogen and oxygen atoms in total. The van der Waals surface area contributed by atoms with Crippen LogP contribution in [0.4, 0.5) is 0 Å². The normalized spacial score (nSPS) is 15.7. The topological polar surface area (TPSA) is 56.0 Å². The highest BCUT2D eigenvalue weighted by molar-refractivity contribution is 5.92. The molecule has 2 aromatic heterocycles. The Morgan fingerprint density at radius 1 is 1.28 bits per heavy atom. The first-order chi connectivity index (χ1) is 12.1. The number of hydrogen-bond acceptors (Lipinski definition) is 3. The zero-order chi connectivity index (χ0) is 17.8. The van der Waals surface area contributed by atoms with E-state index < -0.39 is 0 Å². The summed E-state index contributed by atoms with van der Waals surface area (Å²) in [5.74, 6) is 1.69. The van der Waals surface area contributed by atoms with Crippen molar-refractivity contribution in [2.75, 3.05) is 13.1 Å². The third-order valence-corrected chi connectivity index (χ3v) is 5.15. The van der Waals surface area contributed by atoms with Gasteiger partial charge in [0.05, 0.1) is 0 Å². The molecule has 0 spiro atoms. The summed E-state index contributed by atoms with van der Waals surface area (Å²) >= 11 is 0. The molecule has 0 aliphatic carbocycles. The first-order valence-electron chi connectivity index (χ1n) is 9.48. The summed E-state index contributed by atoms with van der Waals surface area (Å²) in [7, 11) is 0. The van der Waals surface area contributed by atoms with E-state index in [0.717, 1.165) is 44.7 Å². The average Bonchev–Trinajstić information content (AvgIpc) is 3.25. The molecule has 1 aliphatic heterocycles. The molecule has 0 saturated carbocycles. The van der Waals surface area contributed by atoms with E-state index >= 15 is 0 Å². The van der Waals surface area contributed by atoms with Gasteiger partial charge in [-0.3, -0.25) is 9.48 Å². The molecule has 6 heteroatoms. The van der Waals surface area contributed by atoms with E-state index in [4.69, 9.17) is 0 Å². The van der Waals surface area contributed by atoms with E-state index in [1.54, 1.807) is 0 Å². The summed E-state index contributed by atoms with van der Waals surface area (Å²) in [6.07, 6.45) is 8.31. The Balaban J connectivity index is 1.61. The second-order valence-electron chi connectivity index (χ2n) is 6.89. The minimum absolute atomic E-state index is 0.0584. The summed E-state index contributed by atoms with van der Waals surface area (Å²) in [5.41, 5.74) is 1.61. The van der Waals surface area contributed by atoms with Crippen molar-refractivity contribution in [3.05, 3.63) is 35.7 Å². The minimum Gasteiger partial charge on any atom is -0.337 e. The zero-order valence-electron chi connectivity index (χ0n) is 15.6. The number of aryl methyl sites for hydroxylation is 3. The van der Waals surface area contributed by atoms with E-state index in [1.807, 2.05) is 35.7 Å². The van der Waals surface area contributed by atoms with Crippen LogP contribution in [0, 0.1) is 6.92 Å². The number of amides is 1. The SMILES string of the molecule is CCCCn1ccnc1C1CCN(C(=O)c2cc(C)n(CC)n2)CC1. The molecule has 3 rings (SSSR count). The first kappa shape index (κ1) is 17.7. The van der Waals surface area contributed by atoms with Gasteiger partial charge in [-0.15, -0.1) is 0 Å². The van der Waals surface area contributed by atoms with Gasteiger partial charge in [-0.05, 0) is 39.2 Å². The Hall–Kier alpha value is -2.11. The summed E-state index contributed by atoms with van der Waals surface area (Å²) in [6, 6.07) is 1.90. The second-order valence-corrected chi connectivity index (χ2v) is 6.89. The van der Waals surface area contributed by atoms with Gasteiger partial charge in [0.1, 0.15) is 5.82 Å². The molecule has 0 unspecified atom stereocenters. The number of likely N-dealkylation sites (tertiary alicyclic amines) is 1. The molecule has 0 N–H and O–H groups in total. The average molecular weight is 343 g/mol. The number of rotatable bonds is 6. The highest BCUT2D eigenvalue weighted by Gasteiger charge is 2.28. The van der Waals surface area contributed by atoms with E-state index in [-0.39, 0.29) is 5.91 Å². The number of hydrogen-bond donors (Lipinski definition) is 0. The third kappa shape index (κ3) is 3.78. The molecule has 2 aromatic rings. The van der Waals surface area contributed by atoms with Crippen molar-refractivity contribution in [1.29, 1.82) is 0 Å². The lowest BCUT2D eigenvalue weighted by Crippen LogP contribution is -2.38. The van der Waals surface area contributed by atoms with Crippen molar-refractivity contribution in [2.24, 2.45) is 0 Å². The van der Waals surface area contributed by atoms with Crippen LogP contribution in [0.15, 0.2) is 18.5 Å². The van der Waals surface area contributed by atoms with Crippen LogP contribution in [0.1, 0.15) is 67.5 Å². The van der Waals surface area contributed by atoms with E-state index in [0.29, 0.717) is 11.6 Å². The monoisotopic (exact) mass is 343 g/mol. The third-order valence-electron chi connectivity index (χ3n) is 5.15. The highest BCUT2D eigenvalue weighted by Crippen LogP contribution is 2.28. The highest BCUT2D eigenvalue weighted by atomic mass is 16.2. The molecule has 25 heavy (non-hydrogen) atoms. The van der Waals surface area contributed by atoms with Gasteiger partial charge in [0.25, 0.3) is 5.91 Å². The largest absolute Gasteiger partial charge is 0.337 e. The summed E-state index contributed by atoms with van der Waals surface area (Å²) in [5, 5.41) is 4.43. The van der Waals surface area contributed by atoms with E-state index in [1.165, 1.54) is 18.7 Å². The van der Waals surface area contributed by atoms with Gasteiger partial charge < -0.3 is 9.47 Å². The van der Waals surface area contributed by atoms with Gasteiger partial charge in [-0.2, -0.15) is 5.10 Å². The minimum atomic E-state index is 0.0584. The predicted octanol–water partition coefficient (Wildman–Crippen LogP) is 3.23. The summed E-state index contributed by atoms with van der Waals surface area (Å²) in [4.78, 5) is 19.2. The van der Waals surface area contributed by atoms with Crippen molar-refractivity contribution in [1.82, 2.24) is 24.2 Å². The number of unbranched alkanes of at least 4 members (excludes halogenated alkanes) is 1. The number of nitrogens with zero attached hydrogens (tertiary/aromatic N) is 5. The van der Waals surface area contributed by atoms with E-state index in [2.05, 4.69) is 27.8 Å². The standard InChI is InChI=1S/C19H29N5O/c1-4-6-10-22-13-9-20-18(22)16-7-11-23(12-8-16)19(25)17-14-15(3)24(5-2)21-17/h9,13-14,16H,4-8,10-12H2,1-3H3. The van der Waals surface area contributed by atoms with Crippen LogP contribution in [0.3, 0.4) is 0 Å². The maximum Gasteiger partial charge on any atom is 0.274 e. The fourth-order valence-corrected chi connectivity index (χ4v) is 3.64. The van der Waals surface area contributed by atoms with Crippen molar-refractivity contribution < 1.29 is 4.79 Å². The molecule has 0 radical (unpaired) electrons. The van der Waals surface area contributed by atoms with Crippen LogP contribution in [0.5, 0.6) is 0 Å². The quantitative estimate of drug-likeness (QED) is 0.809. The van der Waals surface area contributed by atoms with Crippen LogP contribution in [-0.4, -0.2) is 43.2 Å². The van der Waals surface area contributed by atoms with Crippen molar-refractivity contribution >= 4 is 5.91 Å². The molecular weight excluding hydrogens is 314 g/mol. The number of carbonyl (C=O) groups is 1. The zero-order valence-corrected chi connectivity index (χ0v) is 15.6. The molecule has 0 atom stereocenters. The lowest BCUT2D eigenvalue weighted by molar-refractivity contribution is 0.0703. The molecule has 0 bridgehead atoms. The summed E-state index contributed by atoms with van der Waals surface area (Å²) < 4.78 is 4.17. The molecule has 0 aromatic carbocycles. The molecular formula is C19H29N5O. The van der Waals surface area contributed by atoms with Crippen LogP contribution in [0.2, 0.25) is 0 Å². The number of aromatic nitrogens is 4. The van der Waals surface area contributed by atoms with Crippen LogP contribution in [-0.2, 0) is 13.1 Å². The number of carbonyl (C=O) groups excluding carboxylic acids is 1. The van der Waals surface area contributed by atoms with Crippen LogP contribution in [0.25, 0.3) is 0 Å². The fourth-order valence-electron chi connectivity index (χ4n) is 3.64. The Morgan fingerprint density at radius 3 is 2.68 bits per heavy atom. The van der Waals surface area contributed by atoms with Gasteiger partial charge in [0.2, 0.25) is 0 Å². The van der Waals surface area contributed by atoms with Crippen LogP contribution >= 0.6 is 0 Å². The van der Waals surface area contributed by atoms with Crippen molar-refractivity contribution in [2.45, 2.75) is 65.5 Å². The van der Waals surface area contributed by atoms with Gasteiger partial charge in [-0.25, -0.2) is 4.98 Å². The number of imidazole rings is 1. The van der Waals surface area contributed by atoms with Gasteiger partial charge in [0.15, 0.2) is 5.69 Å². The lowest BCUT2D eigenvalue weighted by atomic mass is 9.95. The Labute approximate surface area is 149 Å². The second kappa shape index (κ2) is 7.85. The Morgan fingerprint density at radius 2 is 2.04 bits per heavy atom. The van der Waals surface area contributed by atoms with Crippen LogP contribution < -0.4 is 0 Å². The van der Waals surface area contributed by atoms with Crippen molar-refractivity contribution in [3.8, 4) is 0 Å².